The van der Waals surface area contributed by atoms with Gasteiger partial charge in [-0.3, -0.25) is 9.89 Å². The van der Waals surface area contributed by atoms with E-state index < -0.39 is 23.2 Å². The van der Waals surface area contributed by atoms with Crippen molar-refractivity contribution in [3.8, 4) is 0 Å². The molecule has 1 aliphatic carbocycles. The number of nitrogens with zero attached hydrogens (tertiary/aromatic N) is 1. The second-order valence-corrected chi connectivity index (χ2v) is 6.01. The second kappa shape index (κ2) is 5.70. The Morgan fingerprint density at radius 1 is 1.25 bits per heavy atom. The van der Waals surface area contributed by atoms with Crippen LogP contribution in [0.2, 0.25) is 0 Å². The summed E-state index contributed by atoms with van der Waals surface area (Å²) in [5, 5.41) is 17.2. The van der Waals surface area contributed by atoms with Crippen molar-refractivity contribution in [2.75, 3.05) is 6.54 Å². The number of alkyl halides is 2. The van der Waals surface area contributed by atoms with Crippen LogP contribution in [0.1, 0.15) is 39.4 Å². The normalized spacial score (nSPS) is 17.8. The van der Waals surface area contributed by atoms with Crippen LogP contribution >= 0.6 is 0 Å². The number of H-pyrrole nitrogens is 1. The molecule has 1 aromatic carbocycles. The molecule has 24 heavy (non-hydrogen) atoms. The fourth-order valence-electron chi connectivity index (χ4n) is 3.05. The van der Waals surface area contributed by atoms with Crippen molar-refractivity contribution in [1.29, 1.82) is 0 Å². The number of aromatic carboxylic acids is 1. The number of aromatic nitrogens is 2. The fraction of sp³-hybridized carbons (Fsp3) is 0.312. The van der Waals surface area contributed by atoms with Gasteiger partial charge in [-0.1, -0.05) is 30.3 Å². The smallest absolute Gasteiger partial charge is 0.353 e. The van der Waals surface area contributed by atoms with Crippen molar-refractivity contribution in [2.24, 2.45) is 0 Å². The minimum absolute atomic E-state index is 0.0285. The van der Waals surface area contributed by atoms with Crippen molar-refractivity contribution in [2.45, 2.75) is 24.2 Å². The monoisotopic (exact) mass is 335 g/mol. The Balaban J connectivity index is 1.72. The zero-order valence-corrected chi connectivity index (χ0v) is 12.6. The topological polar surface area (TPSA) is 95.1 Å². The van der Waals surface area contributed by atoms with Gasteiger partial charge in [0.25, 0.3) is 5.91 Å². The summed E-state index contributed by atoms with van der Waals surface area (Å²) in [6.07, 6.45) is -0.684. The zero-order valence-electron chi connectivity index (χ0n) is 12.6. The van der Waals surface area contributed by atoms with E-state index in [0.717, 1.165) is 11.6 Å². The number of rotatable bonds is 5. The first-order valence-corrected chi connectivity index (χ1v) is 7.32. The molecule has 1 saturated carbocycles. The summed E-state index contributed by atoms with van der Waals surface area (Å²) in [4.78, 5) is 22.9. The second-order valence-electron chi connectivity index (χ2n) is 6.01. The van der Waals surface area contributed by atoms with Crippen molar-refractivity contribution in [3.05, 3.63) is 53.3 Å². The molecule has 0 unspecified atom stereocenters. The van der Waals surface area contributed by atoms with E-state index in [2.05, 4.69) is 15.5 Å². The molecule has 1 aliphatic rings. The average Bonchev–Trinajstić information content (AvgIpc) is 3.01. The lowest BCUT2D eigenvalue weighted by Crippen LogP contribution is -2.55. The van der Waals surface area contributed by atoms with Gasteiger partial charge in [-0.2, -0.15) is 5.10 Å². The van der Waals surface area contributed by atoms with Crippen LogP contribution in [0.4, 0.5) is 8.78 Å². The lowest BCUT2D eigenvalue weighted by atomic mass is 9.62. The number of hydrogen-bond acceptors (Lipinski definition) is 3. The van der Waals surface area contributed by atoms with E-state index in [9.17, 15) is 18.4 Å². The van der Waals surface area contributed by atoms with Gasteiger partial charge < -0.3 is 10.4 Å². The van der Waals surface area contributed by atoms with E-state index in [1.54, 1.807) is 30.3 Å². The molecule has 1 aromatic heterocycles. The van der Waals surface area contributed by atoms with E-state index in [4.69, 9.17) is 5.11 Å². The molecule has 1 fully saturated rings. The highest BCUT2D eigenvalue weighted by molar-refractivity contribution is 5.95. The fourth-order valence-corrected chi connectivity index (χ4v) is 3.05. The number of halogens is 2. The van der Waals surface area contributed by atoms with E-state index >= 15 is 0 Å². The van der Waals surface area contributed by atoms with Crippen LogP contribution < -0.4 is 5.32 Å². The number of carbonyl (C=O) groups excluding carboxylic acids is 1. The predicted molar refractivity (Wildman–Crippen MR) is 80.2 cm³/mol. The molecule has 0 bridgehead atoms. The summed E-state index contributed by atoms with van der Waals surface area (Å²) >= 11 is 0. The molecule has 126 valence electrons. The minimum atomic E-state index is -2.75. The molecule has 2 aromatic rings. The summed E-state index contributed by atoms with van der Waals surface area (Å²) in [6.45, 7) is 0.0285. The van der Waals surface area contributed by atoms with Gasteiger partial charge in [0.2, 0.25) is 5.92 Å². The molecule has 0 aliphatic heterocycles. The number of aromatic amines is 1. The van der Waals surface area contributed by atoms with Crippen LogP contribution in [-0.2, 0) is 5.41 Å². The van der Waals surface area contributed by atoms with E-state index in [0.29, 0.717) is 0 Å². The Kier molecular flexibility index (Phi) is 3.82. The molecule has 3 N–H and O–H groups in total. The summed E-state index contributed by atoms with van der Waals surface area (Å²) < 4.78 is 26.9. The van der Waals surface area contributed by atoms with Gasteiger partial charge in [0, 0.05) is 30.9 Å². The third kappa shape index (κ3) is 2.99. The van der Waals surface area contributed by atoms with Crippen molar-refractivity contribution in [1.82, 2.24) is 15.5 Å². The molecular weight excluding hydrogens is 320 g/mol. The number of hydrogen-bond donors (Lipinski definition) is 3. The third-order valence-electron chi connectivity index (χ3n) is 4.21. The molecule has 1 heterocycles. The van der Waals surface area contributed by atoms with Crippen LogP contribution in [0.5, 0.6) is 0 Å². The average molecular weight is 335 g/mol. The maximum atomic E-state index is 13.5. The first kappa shape index (κ1) is 16.1. The quantitative estimate of drug-likeness (QED) is 0.781. The zero-order chi connectivity index (χ0) is 17.4. The van der Waals surface area contributed by atoms with Crippen molar-refractivity contribution >= 4 is 11.9 Å². The molecule has 0 radical (unpaired) electrons. The molecule has 0 atom stereocenters. The Hall–Kier alpha value is -2.77. The van der Waals surface area contributed by atoms with Crippen LogP contribution in [0, 0.1) is 0 Å². The van der Waals surface area contributed by atoms with Crippen LogP contribution in [0.3, 0.4) is 0 Å². The van der Waals surface area contributed by atoms with Crippen molar-refractivity contribution in [3.63, 3.8) is 0 Å². The predicted octanol–water partition coefficient (Wildman–Crippen LogP) is 2.20. The number of nitrogens with one attached hydrogen (secondary N) is 2. The first-order valence-electron chi connectivity index (χ1n) is 7.32. The van der Waals surface area contributed by atoms with Gasteiger partial charge in [-0.05, 0) is 5.56 Å². The summed E-state index contributed by atoms with van der Waals surface area (Å²) in [5.41, 5.74) is -0.397. The molecular formula is C16H15F2N3O3. The van der Waals surface area contributed by atoms with E-state index in [-0.39, 0.29) is 30.8 Å². The third-order valence-corrected chi connectivity index (χ3v) is 4.21. The van der Waals surface area contributed by atoms with Gasteiger partial charge in [0.05, 0.1) is 0 Å². The Bertz CT molecular complexity index is 766. The highest BCUT2D eigenvalue weighted by atomic mass is 19.3. The van der Waals surface area contributed by atoms with E-state index in [1.807, 2.05) is 0 Å². The largest absolute Gasteiger partial charge is 0.477 e. The van der Waals surface area contributed by atoms with Gasteiger partial charge >= 0.3 is 5.97 Å². The Labute approximate surface area is 135 Å². The number of carboxylic acids is 1. The van der Waals surface area contributed by atoms with Gasteiger partial charge in [0.1, 0.15) is 5.69 Å². The highest BCUT2D eigenvalue weighted by Crippen LogP contribution is 2.53. The molecule has 6 nitrogen and oxygen atoms in total. The van der Waals surface area contributed by atoms with Gasteiger partial charge in [-0.15, -0.1) is 0 Å². The highest BCUT2D eigenvalue weighted by Gasteiger charge is 2.57. The van der Waals surface area contributed by atoms with Gasteiger partial charge in [-0.25, -0.2) is 13.6 Å². The number of benzene rings is 1. The Morgan fingerprint density at radius 3 is 2.46 bits per heavy atom. The molecule has 0 spiro atoms. The molecule has 0 saturated heterocycles. The summed E-state index contributed by atoms with van der Waals surface area (Å²) in [5.74, 6) is -4.59. The lowest BCUT2D eigenvalue weighted by molar-refractivity contribution is -0.125. The molecule has 3 rings (SSSR count). The number of amides is 1. The summed E-state index contributed by atoms with van der Waals surface area (Å²) in [6, 6.07) is 9.95. The van der Waals surface area contributed by atoms with Crippen molar-refractivity contribution < 1.29 is 23.5 Å². The van der Waals surface area contributed by atoms with Crippen LogP contribution in [0.25, 0.3) is 0 Å². The maximum absolute atomic E-state index is 13.5. The standard InChI is InChI=1S/C16H15F2N3O3/c17-16(18)7-15(8-16,10-4-2-1-3-5-10)9-19-13(22)11-6-12(14(23)24)21-20-11/h1-6H,7-9H2,(H,19,22)(H,20,21)(H,23,24). The summed E-state index contributed by atoms with van der Waals surface area (Å²) in [7, 11) is 0. The molecule has 1 amide bonds. The Morgan fingerprint density at radius 2 is 1.92 bits per heavy atom. The van der Waals surface area contributed by atoms with Crippen LogP contribution in [0.15, 0.2) is 36.4 Å². The minimum Gasteiger partial charge on any atom is -0.477 e. The van der Waals surface area contributed by atoms with Crippen LogP contribution in [-0.4, -0.2) is 39.6 Å². The lowest BCUT2D eigenvalue weighted by Gasteiger charge is -2.47. The number of carbonyl (C=O) groups is 2. The SMILES string of the molecule is O=C(NCC1(c2ccccc2)CC(F)(F)C1)c1cc(C(=O)O)[nH]n1. The molecule has 8 heteroatoms. The van der Waals surface area contributed by atoms with E-state index in [1.165, 1.54) is 0 Å². The number of carboxylic acid groups (broad SMARTS) is 1. The maximum Gasteiger partial charge on any atom is 0.353 e. The first-order chi connectivity index (χ1) is 11.3. The van der Waals surface area contributed by atoms with Gasteiger partial charge in [0.15, 0.2) is 5.69 Å².